The lowest BCUT2D eigenvalue weighted by Crippen LogP contribution is -2.42. The number of rotatable bonds is 3. The topological polar surface area (TPSA) is 102 Å². The van der Waals surface area contributed by atoms with Gasteiger partial charge in [0.25, 0.3) is 0 Å². The van der Waals surface area contributed by atoms with Crippen molar-refractivity contribution in [3.63, 3.8) is 0 Å². The molecule has 2 N–H and O–H groups in total. The molecule has 3 aromatic rings. The van der Waals surface area contributed by atoms with Crippen molar-refractivity contribution in [2.75, 3.05) is 0 Å². The first-order valence-corrected chi connectivity index (χ1v) is 13.4. The van der Waals surface area contributed by atoms with E-state index in [2.05, 4.69) is 0 Å². The van der Waals surface area contributed by atoms with Crippen LogP contribution in [0.1, 0.15) is 77.6 Å². The molecule has 0 amide bonds. The average molecular weight is 527 g/mol. The Hall–Kier alpha value is -3.94. The number of carbonyl (C=O) groups is 2. The van der Waals surface area contributed by atoms with Crippen molar-refractivity contribution >= 4 is 17.8 Å². The van der Waals surface area contributed by atoms with Gasteiger partial charge in [0.05, 0.1) is 12.5 Å². The van der Waals surface area contributed by atoms with Gasteiger partial charge in [-0.05, 0) is 42.4 Å². The highest BCUT2D eigenvalue weighted by molar-refractivity contribution is 6.03. The summed E-state index contributed by atoms with van der Waals surface area (Å²) in [5.41, 5.74) is 2.17. The van der Waals surface area contributed by atoms with Crippen molar-refractivity contribution in [1.29, 1.82) is 0 Å². The van der Waals surface area contributed by atoms with E-state index < -0.39 is 23.8 Å². The summed E-state index contributed by atoms with van der Waals surface area (Å²) in [6, 6.07) is 20.6. The highest BCUT2D eigenvalue weighted by Gasteiger charge is 2.43. The first kappa shape index (κ1) is 25.3. The summed E-state index contributed by atoms with van der Waals surface area (Å²) >= 11 is 0. The average Bonchev–Trinajstić information content (AvgIpc) is 2.92. The highest BCUT2D eigenvalue weighted by Crippen LogP contribution is 2.52. The number of fused-ring (bicyclic) bond motifs is 5. The number of ketones is 1. The number of aliphatic hydroxyl groups is 1. The molecule has 7 nitrogen and oxygen atoms in total. The van der Waals surface area contributed by atoms with Crippen LogP contribution in [0.15, 0.2) is 72.8 Å². The molecule has 2 bridgehead atoms. The first-order valence-electron chi connectivity index (χ1n) is 13.4. The lowest BCUT2D eigenvalue weighted by atomic mass is 9.80. The molecular formula is C32H30O7. The second-order valence-electron chi connectivity index (χ2n) is 10.5. The molecule has 3 aromatic carbocycles. The fraction of sp³-hybridized carbons (Fsp3) is 0.312. The summed E-state index contributed by atoms with van der Waals surface area (Å²) < 4.78 is 18.1. The second-order valence-corrected chi connectivity index (χ2v) is 10.5. The Morgan fingerprint density at radius 3 is 2.49 bits per heavy atom. The fourth-order valence-corrected chi connectivity index (χ4v) is 5.88. The number of hydrogen-bond donors (Lipinski definition) is 2. The molecule has 0 spiro atoms. The van der Waals surface area contributed by atoms with E-state index in [1.165, 1.54) is 0 Å². The molecule has 1 fully saturated rings. The van der Waals surface area contributed by atoms with E-state index in [-0.39, 0.29) is 54.0 Å². The Kier molecular flexibility index (Phi) is 6.71. The summed E-state index contributed by atoms with van der Waals surface area (Å²) in [5, 5.41) is 23.1. The van der Waals surface area contributed by atoms with Gasteiger partial charge < -0.3 is 24.4 Å². The normalized spacial score (nSPS) is 26.7. The van der Waals surface area contributed by atoms with Gasteiger partial charge in [0.1, 0.15) is 28.9 Å². The molecule has 200 valence electrons. The molecule has 1 unspecified atom stereocenters. The molecule has 3 aliphatic rings. The van der Waals surface area contributed by atoms with Gasteiger partial charge in [0, 0.05) is 24.5 Å². The predicted molar refractivity (Wildman–Crippen MR) is 144 cm³/mol. The van der Waals surface area contributed by atoms with Crippen molar-refractivity contribution in [3.8, 4) is 17.2 Å². The summed E-state index contributed by atoms with van der Waals surface area (Å²) in [5.74, 6) is -2.64. The molecule has 1 saturated heterocycles. The van der Waals surface area contributed by atoms with Gasteiger partial charge in [-0.15, -0.1) is 0 Å². The number of Topliss-reactive ketones (excluding diaryl/α,β-unsaturated/α-hetero) is 1. The van der Waals surface area contributed by atoms with Gasteiger partial charge >= 0.3 is 5.97 Å². The molecule has 4 atom stereocenters. The minimum absolute atomic E-state index is 0.0727. The molecule has 0 aliphatic carbocycles. The standard InChI is InChI=1S/C32H30O7/c33-24-17-25(21-10-5-2-6-11-21)37-27-18-26-29(31(35)30(24)27)22-16-23(12-7-13-28(34)38-26)39-32(36,19-22)15-14-20-8-3-1-4-9-20/h1-6,8-11,14-15,18,22-23,25,35-36H,7,12-13,16-17,19H2/b15-14+/t22?,23-,25+,32+/m0/s1. The van der Waals surface area contributed by atoms with Crippen molar-refractivity contribution < 1.29 is 34.0 Å². The van der Waals surface area contributed by atoms with Crippen LogP contribution in [0.25, 0.3) is 6.08 Å². The monoisotopic (exact) mass is 526 g/mol. The number of phenolic OH excluding ortho intramolecular Hbond substituents is 1. The maximum Gasteiger partial charge on any atom is 0.311 e. The third-order valence-electron chi connectivity index (χ3n) is 7.69. The lowest BCUT2D eigenvalue weighted by Gasteiger charge is -2.41. The number of aromatic hydroxyl groups is 1. The second kappa shape index (κ2) is 10.3. The third-order valence-corrected chi connectivity index (χ3v) is 7.69. The maximum absolute atomic E-state index is 13.3. The Labute approximate surface area is 226 Å². The molecule has 7 heteroatoms. The van der Waals surface area contributed by atoms with Crippen LogP contribution in [-0.4, -0.2) is 33.9 Å². The van der Waals surface area contributed by atoms with Gasteiger partial charge in [-0.2, -0.15) is 0 Å². The summed E-state index contributed by atoms with van der Waals surface area (Å²) in [7, 11) is 0. The molecule has 0 aromatic heterocycles. The van der Waals surface area contributed by atoms with Crippen LogP contribution in [0.3, 0.4) is 0 Å². The van der Waals surface area contributed by atoms with Crippen LogP contribution in [0.4, 0.5) is 0 Å². The number of benzene rings is 3. The largest absolute Gasteiger partial charge is 0.507 e. The predicted octanol–water partition coefficient (Wildman–Crippen LogP) is 5.85. The van der Waals surface area contributed by atoms with Crippen LogP contribution in [0.2, 0.25) is 0 Å². The maximum atomic E-state index is 13.3. The first-order chi connectivity index (χ1) is 18.9. The summed E-state index contributed by atoms with van der Waals surface area (Å²) in [4.78, 5) is 26.0. The molecule has 0 saturated carbocycles. The number of hydrogen-bond acceptors (Lipinski definition) is 7. The fourth-order valence-electron chi connectivity index (χ4n) is 5.88. The van der Waals surface area contributed by atoms with Gasteiger partial charge in [-0.25, -0.2) is 0 Å². The highest BCUT2D eigenvalue weighted by atomic mass is 16.6. The van der Waals surface area contributed by atoms with E-state index in [9.17, 15) is 19.8 Å². The van der Waals surface area contributed by atoms with Crippen molar-refractivity contribution in [2.45, 2.75) is 62.4 Å². The molecule has 3 heterocycles. The van der Waals surface area contributed by atoms with E-state index in [0.717, 1.165) is 11.1 Å². The minimum atomic E-state index is -1.61. The zero-order chi connectivity index (χ0) is 27.0. The van der Waals surface area contributed by atoms with E-state index in [0.29, 0.717) is 24.8 Å². The van der Waals surface area contributed by atoms with Crippen LogP contribution >= 0.6 is 0 Å². The molecule has 0 radical (unpaired) electrons. The van der Waals surface area contributed by atoms with Gasteiger partial charge in [0.15, 0.2) is 11.6 Å². The third kappa shape index (κ3) is 5.20. The van der Waals surface area contributed by atoms with E-state index in [1.54, 1.807) is 18.2 Å². The zero-order valence-electron chi connectivity index (χ0n) is 21.4. The van der Waals surface area contributed by atoms with E-state index in [4.69, 9.17) is 14.2 Å². The van der Waals surface area contributed by atoms with Gasteiger partial charge in [0.2, 0.25) is 0 Å². The van der Waals surface area contributed by atoms with Gasteiger partial charge in [-0.1, -0.05) is 66.7 Å². The van der Waals surface area contributed by atoms with E-state index >= 15 is 0 Å². The number of phenols is 1. The smallest absolute Gasteiger partial charge is 0.311 e. The number of esters is 1. The summed E-state index contributed by atoms with van der Waals surface area (Å²) in [6.45, 7) is 0. The molecule has 39 heavy (non-hydrogen) atoms. The Bertz CT molecular complexity index is 1420. The Balaban J connectivity index is 1.40. The van der Waals surface area contributed by atoms with Crippen LogP contribution < -0.4 is 9.47 Å². The van der Waals surface area contributed by atoms with Crippen LogP contribution in [-0.2, 0) is 9.53 Å². The van der Waals surface area contributed by atoms with Crippen molar-refractivity contribution in [3.05, 3.63) is 95.1 Å². The Morgan fingerprint density at radius 2 is 1.72 bits per heavy atom. The van der Waals surface area contributed by atoms with Crippen LogP contribution in [0.5, 0.6) is 17.2 Å². The minimum Gasteiger partial charge on any atom is -0.507 e. The van der Waals surface area contributed by atoms with E-state index in [1.807, 2.05) is 60.7 Å². The van der Waals surface area contributed by atoms with Crippen LogP contribution in [0, 0.1) is 0 Å². The lowest BCUT2D eigenvalue weighted by molar-refractivity contribution is -0.227. The molecular weight excluding hydrogens is 496 g/mol. The SMILES string of the molecule is O=C1CCC[C@H]2CC(C[C@@](O)(/C=C/c3ccccc3)O2)c2c(cc3c(c2O)C(=O)C[C@H](c2ccccc2)O3)O1. The molecule has 3 aliphatic heterocycles. The zero-order valence-corrected chi connectivity index (χ0v) is 21.4. The van der Waals surface area contributed by atoms with Gasteiger partial charge in [-0.3, -0.25) is 9.59 Å². The quantitative estimate of drug-likeness (QED) is 0.326. The Morgan fingerprint density at radius 1 is 0.974 bits per heavy atom. The number of carbonyl (C=O) groups excluding carboxylic acids is 2. The van der Waals surface area contributed by atoms with Crippen molar-refractivity contribution in [2.24, 2.45) is 0 Å². The number of ether oxygens (including phenoxy) is 3. The molecule has 6 rings (SSSR count). The summed E-state index contributed by atoms with van der Waals surface area (Å²) in [6.07, 6.45) is 4.51. The van der Waals surface area contributed by atoms with Crippen molar-refractivity contribution in [1.82, 2.24) is 0 Å².